The van der Waals surface area contributed by atoms with Crippen LogP contribution in [0.4, 0.5) is 0 Å². The summed E-state index contributed by atoms with van der Waals surface area (Å²) in [6.07, 6.45) is 3.84. The van der Waals surface area contributed by atoms with Gasteiger partial charge in [0.05, 0.1) is 6.04 Å². The van der Waals surface area contributed by atoms with Gasteiger partial charge in [-0.1, -0.05) is 26.3 Å². The van der Waals surface area contributed by atoms with E-state index in [1.807, 2.05) is 13.0 Å². The van der Waals surface area contributed by atoms with Gasteiger partial charge < -0.3 is 11.1 Å². The maximum Gasteiger partial charge on any atom is 0.223 e. The molecule has 0 fully saturated rings. The third-order valence-electron chi connectivity index (χ3n) is 3.07. The molecule has 1 amide bonds. The molecule has 3 N–H and O–H groups in total. The highest BCUT2D eigenvalue weighted by Crippen LogP contribution is 2.23. The van der Waals surface area contributed by atoms with Gasteiger partial charge in [0, 0.05) is 10.8 Å². The van der Waals surface area contributed by atoms with Crippen LogP contribution in [0.1, 0.15) is 50.4 Å². The van der Waals surface area contributed by atoms with Crippen molar-refractivity contribution < 1.29 is 4.79 Å². The van der Waals surface area contributed by atoms with Gasteiger partial charge in [-0.25, -0.2) is 0 Å². The number of hydrogen-bond donors (Lipinski definition) is 2. The number of hydrogen-bond acceptors (Lipinski definition) is 3. The van der Waals surface area contributed by atoms with E-state index in [9.17, 15) is 4.79 Å². The van der Waals surface area contributed by atoms with Crippen molar-refractivity contribution in [3.05, 3.63) is 22.4 Å². The van der Waals surface area contributed by atoms with Crippen molar-refractivity contribution in [1.82, 2.24) is 5.32 Å². The fourth-order valence-electron chi connectivity index (χ4n) is 1.93. The van der Waals surface area contributed by atoms with Gasteiger partial charge in [-0.05, 0) is 37.3 Å². The van der Waals surface area contributed by atoms with Crippen LogP contribution in [-0.2, 0) is 4.79 Å². The van der Waals surface area contributed by atoms with Crippen LogP contribution in [-0.4, -0.2) is 12.5 Å². The first-order valence-electron chi connectivity index (χ1n) is 6.72. The summed E-state index contributed by atoms with van der Waals surface area (Å²) in [6.45, 7) is 4.77. The molecular weight excluding hydrogens is 244 g/mol. The van der Waals surface area contributed by atoms with Crippen LogP contribution in [0.2, 0.25) is 0 Å². The smallest absolute Gasteiger partial charge is 0.223 e. The summed E-state index contributed by atoms with van der Waals surface area (Å²) in [7, 11) is 0. The molecule has 0 radical (unpaired) electrons. The average molecular weight is 268 g/mol. The van der Waals surface area contributed by atoms with E-state index in [2.05, 4.69) is 23.7 Å². The van der Waals surface area contributed by atoms with Gasteiger partial charge >= 0.3 is 0 Å². The van der Waals surface area contributed by atoms with E-state index in [0.717, 1.165) is 25.7 Å². The van der Waals surface area contributed by atoms with E-state index in [0.29, 0.717) is 6.54 Å². The summed E-state index contributed by atoms with van der Waals surface area (Å²) in [5.41, 5.74) is 5.47. The number of nitrogens with one attached hydrogen (secondary N) is 1. The SMILES string of the molecule is CCCC(NC(=O)C(C)CCCN)c1cccs1. The van der Waals surface area contributed by atoms with Gasteiger partial charge in [0.1, 0.15) is 0 Å². The topological polar surface area (TPSA) is 55.1 Å². The molecule has 2 unspecified atom stereocenters. The lowest BCUT2D eigenvalue weighted by atomic mass is 10.0. The molecule has 3 nitrogen and oxygen atoms in total. The Balaban J connectivity index is 2.53. The van der Waals surface area contributed by atoms with Crippen LogP contribution in [0.5, 0.6) is 0 Å². The van der Waals surface area contributed by atoms with E-state index >= 15 is 0 Å². The first-order valence-corrected chi connectivity index (χ1v) is 7.60. The molecule has 0 saturated carbocycles. The Hall–Kier alpha value is -0.870. The van der Waals surface area contributed by atoms with Crippen molar-refractivity contribution in [1.29, 1.82) is 0 Å². The van der Waals surface area contributed by atoms with Crippen molar-refractivity contribution in [2.75, 3.05) is 6.54 Å². The fraction of sp³-hybridized carbons (Fsp3) is 0.643. The van der Waals surface area contributed by atoms with Crippen molar-refractivity contribution >= 4 is 17.2 Å². The lowest BCUT2D eigenvalue weighted by Gasteiger charge is -2.19. The summed E-state index contributed by atoms with van der Waals surface area (Å²) < 4.78 is 0. The summed E-state index contributed by atoms with van der Waals surface area (Å²) in [5, 5.41) is 5.22. The number of carbonyl (C=O) groups excluding carboxylic acids is 1. The zero-order valence-corrected chi connectivity index (χ0v) is 12.1. The predicted octanol–water partition coefficient (Wildman–Crippen LogP) is 3.08. The molecule has 0 aliphatic heterocycles. The predicted molar refractivity (Wildman–Crippen MR) is 77.6 cm³/mol. The highest BCUT2D eigenvalue weighted by atomic mass is 32.1. The van der Waals surface area contributed by atoms with Crippen LogP contribution in [0, 0.1) is 5.92 Å². The molecule has 4 heteroatoms. The maximum absolute atomic E-state index is 12.1. The molecule has 1 aromatic rings. The van der Waals surface area contributed by atoms with Crippen LogP contribution in [0.3, 0.4) is 0 Å². The Morgan fingerprint density at radius 2 is 2.28 bits per heavy atom. The second-order valence-electron chi connectivity index (χ2n) is 4.70. The van der Waals surface area contributed by atoms with Crippen molar-refractivity contribution in [3.63, 3.8) is 0 Å². The largest absolute Gasteiger partial charge is 0.348 e. The second kappa shape index (κ2) is 8.27. The highest BCUT2D eigenvalue weighted by Gasteiger charge is 2.18. The molecule has 0 bridgehead atoms. The van der Waals surface area contributed by atoms with Crippen molar-refractivity contribution in [2.45, 2.75) is 45.6 Å². The zero-order valence-electron chi connectivity index (χ0n) is 11.3. The second-order valence-corrected chi connectivity index (χ2v) is 5.68. The number of thiophene rings is 1. The molecule has 1 rings (SSSR count). The summed E-state index contributed by atoms with van der Waals surface area (Å²) in [5.74, 6) is 0.197. The monoisotopic (exact) mass is 268 g/mol. The van der Waals surface area contributed by atoms with E-state index in [4.69, 9.17) is 5.73 Å². The Bertz CT molecular complexity index is 338. The lowest BCUT2D eigenvalue weighted by molar-refractivity contribution is -0.125. The summed E-state index contributed by atoms with van der Waals surface area (Å²) in [4.78, 5) is 13.3. The quantitative estimate of drug-likeness (QED) is 0.761. The van der Waals surface area contributed by atoms with E-state index < -0.39 is 0 Å². The molecule has 1 aromatic heterocycles. The van der Waals surface area contributed by atoms with Crippen LogP contribution >= 0.6 is 11.3 Å². The first kappa shape index (κ1) is 15.2. The van der Waals surface area contributed by atoms with E-state index in [1.54, 1.807) is 11.3 Å². The van der Waals surface area contributed by atoms with Crippen LogP contribution in [0.25, 0.3) is 0 Å². The van der Waals surface area contributed by atoms with E-state index in [1.165, 1.54) is 4.88 Å². The maximum atomic E-state index is 12.1. The highest BCUT2D eigenvalue weighted by molar-refractivity contribution is 7.10. The van der Waals surface area contributed by atoms with Gasteiger partial charge in [0.15, 0.2) is 0 Å². The van der Waals surface area contributed by atoms with Gasteiger partial charge in [0.25, 0.3) is 0 Å². The minimum Gasteiger partial charge on any atom is -0.348 e. The van der Waals surface area contributed by atoms with Gasteiger partial charge in [-0.2, -0.15) is 0 Å². The number of carbonyl (C=O) groups is 1. The molecule has 0 aliphatic rings. The molecule has 102 valence electrons. The summed E-state index contributed by atoms with van der Waals surface area (Å²) >= 11 is 1.71. The number of nitrogens with two attached hydrogens (primary N) is 1. The molecular formula is C14H24N2OS. The average Bonchev–Trinajstić information content (AvgIpc) is 2.89. The molecule has 18 heavy (non-hydrogen) atoms. The third-order valence-corrected chi connectivity index (χ3v) is 4.06. The Morgan fingerprint density at radius 3 is 2.83 bits per heavy atom. The lowest BCUT2D eigenvalue weighted by Crippen LogP contribution is -2.32. The Labute approximate surface area is 114 Å². The minimum atomic E-state index is 0.0490. The summed E-state index contributed by atoms with van der Waals surface area (Å²) in [6, 6.07) is 4.30. The van der Waals surface area contributed by atoms with Crippen molar-refractivity contribution in [2.24, 2.45) is 11.7 Å². The fourth-order valence-corrected chi connectivity index (χ4v) is 2.75. The van der Waals surface area contributed by atoms with Gasteiger partial charge in [0.2, 0.25) is 5.91 Å². The molecule has 0 spiro atoms. The molecule has 0 aliphatic carbocycles. The van der Waals surface area contributed by atoms with Crippen molar-refractivity contribution in [3.8, 4) is 0 Å². The third kappa shape index (κ3) is 4.78. The molecule has 1 heterocycles. The molecule has 2 atom stereocenters. The minimum absolute atomic E-state index is 0.0490. The number of amides is 1. The van der Waals surface area contributed by atoms with Crippen LogP contribution in [0.15, 0.2) is 17.5 Å². The van der Waals surface area contributed by atoms with Gasteiger partial charge in [-0.15, -0.1) is 11.3 Å². The zero-order chi connectivity index (χ0) is 13.4. The molecule has 0 aromatic carbocycles. The normalized spacial score (nSPS) is 14.2. The standard InChI is InChI=1S/C14H24N2OS/c1-3-6-12(13-8-5-10-18-13)16-14(17)11(2)7-4-9-15/h5,8,10-12H,3-4,6-7,9,15H2,1-2H3,(H,16,17). The first-order chi connectivity index (χ1) is 8.69. The van der Waals surface area contributed by atoms with Gasteiger partial charge in [-0.3, -0.25) is 4.79 Å². The Kier molecular flexibility index (Phi) is 6.98. The molecule has 0 saturated heterocycles. The van der Waals surface area contributed by atoms with Crippen LogP contribution < -0.4 is 11.1 Å². The number of rotatable bonds is 8. The Morgan fingerprint density at radius 1 is 1.50 bits per heavy atom. The van der Waals surface area contributed by atoms with E-state index in [-0.39, 0.29) is 17.9 Å².